The van der Waals surface area contributed by atoms with Gasteiger partial charge in [-0.05, 0) is 12.5 Å². The summed E-state index contributed by atoms with van der Waals surface area (Å²) in [6.07, 6.45) is 0.794. The number of hydrogen-bond acceptors (Lipinski definition) is 5. The predicted octanol–water partition coefficient (Wildman–Crippen LogP) is 1.66. The lowest BCUT2D eigenvalue weighted by molar-refractivity contribution is -0.140. The SMILES string of the molecule is COC(=O)CCC(N)c1ccc(OC)cc1OC. The molecule has 5 heteroatoms. The van der Waals surface area contributed by atoms with Crippen molar-refractivity contribution in [1.29, 1.82) is 0 Å². The molecule has 100 valence electrons. The molecule has 0 aliphatic heterocycles. The predicted molar refractivity (Wildman–Crippen MR) is 67.7 cm³/mol. The molecule has 0 aromatic heterocycles. The van der Waals surface area contributed by atoms with Gasteiger partial charge in [0.05, 0.1) is 21.3 Å². The molecule has 0 aliphatic rings. The quantitative estimate of drug-likeness (QED) is 0.781. The Kier molecular flexibility index (Phi) is 5.45. The normalized spacial score (nSPS) is 11.8. The van der Waals surface area contributed by atoms with Gasteiger partial charge in [0.15, 0.2) is 0 Å². The van der Waals surface area contributed by atoms with Gasteiger partial charge in [0.2, 0.25) is 0 Å². The van der Waals surface area contributed by atoms with E-state index in [1.54, 1.807) is 20.3 Å². The number of methoxy groups -OCH3 is 3. The highest BCUT2D eigenvalue weighted by atomic mass is 16.5. The molecule has 0 aliphatic carbocycles. The van der Waals surface area contributed by atoms with Crippen molar-refractivity contribution in [2.24, 2.45) is 5.73 Å². The summed E-state index contributed by atoms with van der Waals surface area (Å²) in [5.41, 5.74) is 6.89. The van der Waals surface area contributed by atoms with Crippen molar-refractivity contribution in [3.63, 3.8) is 0 Å². The lowest BCUT2D eigenvalue weighted by Gasteiger charge is -2.16. The summed E-state index contributed by atoms with van der Waals surface area (Å²) in [4.78, 5) is 11.1. The Morgan fingerprint density at radius 2 is 2.00 bits per heavy atom. The first-order chi connectivity index (χ1) is 8.62. The van der Waals surface area contributed by atoms with Gasteiger partial charge in [0.25, 0.3) is 0 Å². The number of ether oxygens (including phenoxy) is 3. The minimum atomic E-state index is -0.273. The Bertz CT molecular complexity index is 406. The first-order valence-electron chi connectivity index (χ1n) is 5.66. The van der Waals surface area contributed by atoms with Crippen molar-refractivity contribution >= 4 is 5.97 Å². The zero-order chi connectivity index (χ0) is 13.5. The second kappa shape index (κ2) is 6.86. The number of rotatable bonds is 6. The number of hydrogen-bond donors (Lipinski definition) is 1. The second-order valence-corrected chi connectivity index (χ2v) is 3.83. The smallest absolute Gasteiger partial charge is 0.305 e. The van der Waals surface area contributed by atoms with Gasteiger partial charge in [-0.3, -0.25) is 4.79 Å². The zero-order valence-corrected chi connectivity index (χ0v) is 10.9. The van der Waals surface area contributed by atoms with E-state index in [1.807, 2.05) is 12.1 Å². The van der Waals surface area contributed by atoms with E-state index in [0.29, 0.717) is 17.9 Å². The molecule has 0 spiro atoms. The summed E-state index contributed by atoms with van der Waals surface area (Å²) in [5.74, 6) is 1.10. The molecular weight excluding hydrogens is 234 g/mol. The molecular formula is C13H19NO4. The average Bonchev–Trinajstić information content (AvgIpc) is 2.43. The summed E-state index contributed by atoms with van der Waals surface area (Å²) in [7, 11) is 4.53. The van der Waals surface area contributed by atoms with E-state index < -0.39 is 0 Å². The fourth-order valence-electron chi connectivity index (χ4n) is 1.66. The topological polar surface area (TPSA) is 70.8 Å². The number of esters is 1. The number of carbonyl (C=O) groups is 1. The van der Waals surface area contributed by atoms with Gasteiger partial charge in [0.1, 0.15) is 11.5 Å². The molecule has 18 heavy (non-hydrogen) atoms. The summed E-state index contributed by atoms with van der Waals surface area (Å²) in [6.45, 7) is 0. The monoisotopic (exact) mass is 253 g/mol. The van der Waals surface area contributed by atoms with Crippen LogP contribution < -0.4 is 15.2 Å². The Morgan fingerprint density at radius 1 is 1.28 bits per heavy atom. The summed E-state index contributed by atoms with van der Waals surface area (Å²) < 4.78 is 15.0. The minimum Gasteiger partial charge on any atom is -0.497 e. The van der Waals surface area contributed by atoms with Crippen molar-refractivity contribution in [1.82, 2.24) is 0 Å². The Labute approximate surface area is 107 Å². The van der Waals surface area contributed by atoms with E-state index in [0.717, 1.165) is 5.56 Å². The van der Waals surface area contributed by atoms with E-state index in [2.05, 4.69) is 4.74 Å². The standard InChI is InChI=1S/C13H19NO4/c1-16-9-4-5-10(12(8-9)17-2)11(14)6-7-13(15)18-3/h4-5,8,11H,6-7,14H2,1-3H3. The summed E-state index contributed by atoms with van der Waals surface area (Å²) in [6, 6.07) is 5.16. The van der Waals surface area contributed by atoms with Crippen LogP contribution in [-0.2, 0) is 9.53 Å². The Hall–Kier alpha value is -1.75. The van der Waals surface area contributed by atoms with Crippen LogP contribution in [0, 0.1) is 0 Å². The van der Waals surface area contributed by atoms with Crippen molar-refractivity contribution in [3.05, 3.63) is 23.8 Å². The molecule has 1 unspecified atom stereocenters. The van der Waals surface area contributed by atoms with E-state index in [4.69, 9.17) is 15.2 Å². The Balaban J connectivity index is 2.78. The molecule has 0 radical (unpaired) electrons. The van der Waals surface area contributed by atoms with Gasteiger partial charge in [-0.1, -0.05) is 6.07 Å². The molecule has 2 N–H and O–H groups in total. The fraction of sp³-hybridized carbons (Fsp3) is 0.462. The van der Waals surface area contributed by atoms with Crippen LogP contribution in [0.5, 0.6) is 11.5 Å². The zero-order valence-electron chi connectivity index (χ0n) is 10.9. The molecule has 0 bridgehead atoms. The van der Waals surface area contributed by atoms with Crippen LogP contribution in [0.1, 0.15) is 24.4 Å². The molecule has 0 saturated heterocycles. The third-order valence-corrected chi connectivity index (χ3v) is 2.73. The molecule has 5 nitrogen and oxygen atoms in total. The third kappa shape index (κ3) is 3.63. The van der Waals surface area contributed by atoms with Crippen molar-refractivity contribution in [2.45, 2.75) is 18.9 Å². The molecule has 1 aromatic carbocycles. The van der Waals surface area contributed by atoms with Crippen molar-refractivity contribution in [3.8, 4) is 11.5 Å². The van der Waals surface area contributed by atoms with Crippen LogP contribution in [0.2, 0.25) is 0 Å². The maximum absolute atomic E-state index is 11.1. The maximum Gasteiger partial charge on any atom is 0.305 e. The number of nitrogens with two attached hydrogens (primary N) is 1. The average molecular weight is 253 g/mol. The van der Waals surface area contributed by atoms with Crippen LogP contribution in [-0.4, -0.2) is 27.3 Å². The lowest BCUT2D eigenvalue weighted by Crippen LogP contribution is -2.14. The van der Waals surface area contributed by atoms with E-state index in [9.17, 15) is 4.79 Å². The third-order valence-electron chi connectivity index (χ3n) is 2.73. The van der Waals surface area contributed by atoms with Crippen LogP contribution in [0.3, 0.4) is 0 Å². The summed E-state index contributed by atoms with van der Waals surface area (Å²) in [5, 5.41) is 0. The van der Waals surface area contributed by atoms with Gasteiger partial charge >= 0.3 is 5.97 Å². The largest absolute Gasteiger partial charge is 0.497 e. The van der Waals surface area contributed by atoms with E-state index in [1.165, 1.54) is 7.11 Å². The number of carbonyl (C=O) groups excluding carboxylic acids is 1. The Morgan fingerprint density at radius 3 is 2.56 bits per heavy atom. The first-order valence-corrected chi connectivity index (χ1v) is 5.66. The highest BCUT2D eigenvalue weighted by Gasteiger charge is 2.14. The molecule has 0 fully saturated rings. The molecule has 0 saturated carbocycles. The second-order valence-electron chi connectivity index (χ2n) is 3.83. The van der Waals surface area contributed by atoms with Gasteiger partial charge in [0, 0.05) is 24.1 Å². The van der Waals surface area contributed by atoms with Crippen molar-refractivity contribution < 1.29 is 19.0 Å². The van der Waals surface area contributed by atoms with Gasteiger partial charge < -0.3 is 19.9 Å². The van der Waals surface area contributed by atoms with Crippen LogP contribution >= 0.6 is 0 Å². The number of benzene rings is 1. The van der Waals surface area contributed by atoms with Crippen LogP contribution in [0.15, 0.2) is 18.2 Å². The lowest BCUT2D eigenvalue weighted by atomic mass is 10.0. The van der Waals surface area contributed by atoms with Crippen LogP contribution in [0.25, 0.3) is 0 Å². The maximum atomic E-state index is 11.1. The van der Waals surface area contributed by atoms with Crippen molar-refractivity contribution in [2.75, 3.05) is 21.3 Å². The highest BCUT2D eigenvalue weighted by Crippen LogP contribution is 2.30. The molecule has 1 aromatic rings. The first kappa shape index (κ1) is 14.3. The molecule has 0 amide bonds. The molecule has 1 rings (SSSR count). The molecule has 0 heterocycles. The van der Waals surface area contributed by atoms with E-state index >= 15 is 0 Å². The molecule has 1 atom stereocenters. The van der Waals surface area contributed by atoms with Gasteiger partial charge in [-0.15, -0.1) is 0 Å². The van der Waals surface area contributed by atoms with Crippen LogP contribution in [0.4, 0.5) is 0 Å². The fourth-order valence-corrected chi connectivity index (χ4v) is 1.66. The van der Waals surface area contributed by atoms with Gasteiger partial charge in [-0.2, -0.15) is 0 Å². The summed E-state index contributed by atoms with van der Waals surface area (Å²) >= 11 is 0. The minimum absolute atomic E-state index is 0.266. The highest BCUT2D eigenvalue weighted by molar-refractivity contribution is 5.69. The van der Waals surface area contributed by atoms with Gasteiger partial charge in [-0.25, -0.2) is 0 Å². The van der Waals surface area contributed by atoms with E-state index in [-0.39, 0.29) is 18.4 Å².